The number of benzene rings is 2. The van der Waals surface area contributed by atoms with E-state index >= 15 is 0 Å². The number of rotatable bonds is 6. The molecule has 0 aromatic heterocycles. The zero-order valence-corrected chi connectivity index (χ0v) is 17.0. The van der Waals surface area contributed by atoms with Crippen LogP contribution in [0.3, 0.4) is 0 Å². The number of ether oxygens (including phenoxy) is 3. The third-order valence-corrected chi connectivity index (χ3v) is 5.36. The number of cyclic esters (lactones) is 1. The van der Waals surface area contributed by atoms with Crippen molar-refractivity contribution >= 4 is 17.9 Å². The van der Waals surface area contributed by atoms with Gasteiger partial charge in [0.15, 0.2) is 6.23 Å². The molecular formula is C23H23N3O5. The van der Waals surface area contributed by atoms with Crippen LogP contribution in [-0.4, -0.2) is 49.1 Å². The number of nitrogens with zero attached hydrogens (tertiary/aromatic N) is 3. The lowest BCUT2D eigenvalue weighted by Crippen LogP contribution is -2.40. The zero-order valence-electron chi connectivity index (χ0n) is 17.0. The maximum atomic E-state index is 12.3. The highest BCUT2D eigenvalue weighted by atomic mass is 16.7. The van der Waals surface area contributed by atoms with Gasteiger partial charge in [0, 0.05) is 18.8 Å². The summed E-state index contributed by atoms with van der Waals surface area (Å²) >= 11 is 0. The average molecular weight is 421 g/mol. The number of likely N-dealkylation sites (tertiary alicyclic amines) is 1. The molecule has 31 heavy (non-hydrogen) atoms. The fourth-order valence-electron chi connectivity index (χ4n) is 3.80. The second kappa shape index (κ2) is 9.49. The van der Waals surface area contributed by atoms with Gasteiger partial charge in [-0.2, -0.15) is 5.26 Å². The SMILES string of the molecule is N#Cc1ccc(N2CC(CN3CCCC3OC(=O)OCc3ccccc3)OC2=O)cc1. The van der Waals surface area contributed by atoms with Gasteiger partial charge in [0.2, 0.25) is 0 Å². The molecule has 2 fully saturated rings. The van der Waals surface area contributed by atoms with Gasteiger partial charge in [-0.1, -0.05) is 30.3 Å². The van der Waals surface area contributed by atoms with E-state index in [-0.39, 0.29) is 12.7 Å². The predicted octanol–water partition coefficient (Wildman–Crippen LogP) is 3.66. The Morgan fingerprint density at radius 1 is 1.16 bits per heavy atom. The largest absolute Gasteiger partial charge is 0.510 e. The van der Waals surface area contributed by atoms with Crippen LogP contribution >= 0.6 is 0 Å². The lowest BCUT2D eigenvalue weighted by molar-refractivity contribution is -0.0413. The molecule has 0 saturated carbocycles. The summed E-state index contributed by atoms with van der Waals surface area (Å²) in [5, 5.41) is 8.92. The lowest BCUT2D eigenvalue weighted by atomic mass is 10.2. The molecule has 1 amide bonds. The minimum Gasteiger partial charge on any atom is -0.443 e. The minimum absolute atomic E-state index is 0.159. The van der Waals surface area contributed by atoms with E-state index in [2.05, 4.69) is 6.07 Å². The predicted molar refractivity (Wildman–Crippen MR) is 111 cm³/mol. The van der Waals surface area contributed by atoms with Crippen molar-refractivity contribution in [3.63, 3.8) is 0 Å². The number of nitriles is 1. The topological polar surface area (TPSA) is 92.1 Å². The van der Waals surface area contributed by atoms with Crippen LogP contribution in [0.5, 0.6) is 0 Å². The van der Waals surface area contributed by atoms with Gasteiger partial charge >= 0.3 is 12.2 Å². The maximum absolute atomic E-state index is 12.3. The van der Waals surface area contributed by atoms with Gasteiger partial charge in [-0.15, -0.1) is 0 Å². The molecule has 0 aliphatic carbocycles. The lowest BCUT2D eigenvalue weighted by Gasteiger charge is -2.25. The first kappa shape index (κ1) is 20.7. The van der Waals surface area contributed by atoms with Gasteiger partial charge in [-0.25, -0.2) is 9.59 Å². The van der Waals surface area contributed by atoms with Crippen LogP contribution < -0.4 is 4.90 Å². The molecule has 0 N–H and O–H groups in total. The molecule has 2 heterocycles. The van der Waals surface area contributed by atoms with Gasteiger partial charge in [0.1, 0.15) is 12.7 Å². The summed E-state index contributed by atoms with van der Waals surface area (Å²) in [5.41, 5.74) is 2.11. The first-order valence-electron chi connectivity index (χ1n) is 10.2. The highest BCUT2D eigenvalue weighted by molar-refractivity contribution is 5.89. The average Bonchev–Trinajstić information content (AvgIpc) is 3.39. The molecule has 4 rings (SSSR count). The summed E-state index contributed by atoms with van der Waals surface area (Å²) < 4.78 is 16.2. The number of amides is 1. The summed E-state index contributed by atoms with van der Waals surface area (Å²) in [4.78, 5) is 28.0. The Balaban J connectivity index is 1.28. The van der Waals surface area contributed by atoms with Crippen molar-refractivity contribution in [1.82, 2.24) is 4.90 Å². The standard InChI is InChI=1S/C23H23N3O5/c24-13-17-8-10-19(11-9-17)26-15-20(30-22(26)27)14-25-12-4-7-21(25)31-23(28)29-16-18-5-2-1-3-6-18/h1-3,5-6,8-11,20-21H,4,7,12,14-16H2. The summed E-state index contributed by atoms with van der Waals surface area (Å²) in [6.07, 6.45) is -0.271. The summed E-state index contributed by atoms with van der Waals surface area (Å²) in [7, 11) is 0. The number of hydrogen-bond acceptors (Lipinski definition) is 7. The number of carbonyl (C=O) groups excluding carboxylic acids is 2. The third kappa shape index (κ3) is 5.13. The van der Waals surface area contributed by atoms with E-state index in [1.807, 2.05) is 35.2 Å². The molecule has 0 radical (unpaired) electrons. The van der Waals surface area contributed by atoms with E-state index in [9.17, 15) is 9.59 Å². The van der Waals surface area contributed by atoms with Crippen molar-refractivity contribution in [2.75, 3.05) is 24.5 Å². The van der Waals surface area contributed by atoms with Crippen LogP contribution in [0.25, 0.3) is 0 Å². The maximum Gasteiger partial charge on any atom is 0.510 e. The monoisotopic (exact) mass is 421 g/mol. The van der Waals surface area contributed by atoms with Crippen molar-refractivity contribution < 1.29 is 23.8 Å². The molecule has 2 atom stereocenters. The molecule has 8 heteroatoms. The molecule has 2 unspecified atom stereocenters. The Morgan fingerprint density at radius 3 is 2.68 bits per heavy atom. The molecule has 160 valence electrons. The Kier molecular flexibility index (Phi) is 6.34. The molecule has 2 aliphatic rings. The fourth-order valence-corrected chi connectivity index (χ4v) is 3.80. The van der Waals surface area contributed by atoms with Crippen molar-refractivity contribution in [2.45, 2.75) is 31.8 Å². The Morgan fingerprint density at radius 2 is 1.94 bits per heavy atom. The summed E-state index contributed by atoms with van der Waals surface area (Å²) in [6, 6.07) is 18.3. The Hall–Kier alpha value is -3.57. The van der Waals surface area contributed by atoms with Crippen molar-refractivity contribution in [1.29, 1.82) is 5.26 Å². The zero-order chi connectivity index (χ0) is 21.6. The number of carbonyl (C=O) groups is 2. The van der Waals surface area contributed by atoms with Gasteiger partial charge < -0.3 is 14.2 Å². The molecule has 0 spiro atoms. The molecular weight excluding hydrogens is 398 g/mol. The second-order valence-corrected chi connectivity index (χ2v) is 7.51. The van der Waals surface area contributed by atoms with Crippen molar-refractivity contribution in [3.05, 3.63) is 65.7 Å². The van der Waals surface area contributed by atoms with E-state index in [1.165, 1.54) is 0 Å². The van der Waals surface area contributed by atoms with E-state index in [4.69, 9.17) is 19.5 Å². The number of anilines is 1. The van der Waals surface area contributed by atoms with E-state index < -0.39 is 18.5 Å². The highest BCUT2D eigenvalue weighted by Gasteiger charge is 2.37. The molecule has 2 aromatic carbocycles. The van der Waals surface area contributed by atoms with Gasteiger partial charge in [-0.05, 0) is 42.7 Å². The Bertz CT molecular complexity index is 957. The second-order valence-electron chi connectivity index (χ2n) is 7.51. The normalized spacial score (nSPS) is 20.9. The van der Waals surface area contributed by atoms with Crippen LogP contribution in [0.2, 0.25) is 0 Å². The van der Waals surface area contributed by atoms with E-state index in [0.717, 1.165) is 18.5 Å². The molecule has 8 nitrogen and oxygen atoms in total. The van der Waals surface area contributed by atoms with Crippen molar-refractivity contribution in [3.8, 4) is 6.07 Å². The Labute approximate surface area is 180 Å². The minimum atomic E-state index is -0.705. The van der Waals surface area contributed by atoms with Crippen LogP contribution in [-0.2, 0) is 20.8 Å². The van der Waals surface area contributed by atoms with E-state index in [1.54, 1.807) is 29.2 Å². The third-order valence-electron chi connectivity index (χ3n) is 5.36. The van der Waals surface area contributed by atoms with Crippen LogP contribution in [0, 0.1) is 11.3 Å². The van der Waals surface area contributed by atoms with Crippen LogP contribution in [0.4, 0.5) is 15.3 Å². The van der Waals surface area contributed by atoms with Crippen LogP contribution in [0.1, 0.15) is 24.0 Å². The molecule has 0 bridgehead atoms. The summed E-state index contributed by atoms with van der Waals surface area (Å²) in [6.45, 7) is 1.77. The van der Waals surface area contributed by atoms with E-state index in [0.29, 0.717) is 30.8 Å². The number of hydrogen-bond donors (Lipinski definition) is 0. The molecule has 2 aromatic rings. The van der Waals surface area contributed by atoms with Gasteiger partial charge in [0.05, 0.1) is 18.2 Å². The fraction of sp³-hybridized carbons (Fsp3) is 0.348. The van der Waals surface area contributed by atoms with Crippen LogP contribution in [0.15, 0.2) is 54.6 Å². The highest BCUT2D eigenvalue weighted by Crippen LogP contribution is 2.25. The van der Waals surface area contributed by atoms with Gasteiger partial charge in [-0.3, -0.25) is 9.80 Å². The molecule has 2 saturated heterocycles. The quantitative estimate of drug-likeness (QED) is 0.657. The first-order chi connectivity index (χ1) is 15.1. The smallest absolute Gasteiger partial charge is 0.443 e. The van der Waals surface area contributed by atoms with Gasteiger partial charge in [0.25, 0.3) is 0 Å². The first-order valence-corrected chi connectivity index (χ1v) is 10.2. The van der Waals surface area contributed by atoms with Crippen molar-refractivity contribution in [2.24, 2.45) is 0 Å². The molecule has 2 aliphatic heterocycles. The summed E-state index contributed by atoms with van der Waals surface area (Å²) in [5.74, 6) is 0.